The number of hydrogen-bond donors (Lipinski definition) is 1. The monoisotopic (exact) mass is 494 g/mol. The number of fused-ring (bicyclic) bond motifs is 1. The molecule has 8 heteroatoms. The van der Waals surface area contributed by atoms with Crippen molar-refractivity contribution in [3.63, 3.8) is 0 Å². The fourth-order valence-electron chi connectivity index (χ4n) is 3.87. The molecule has 184 valence electrons. The number of hydrogen-bond acceptors (Lipinski definition) is 5. The van der Waals surface area contributed by atoms with Crippen LogP contribution in [0.25, 0.3) is 0 Å². The molecule has 1 aliphatic rings. The number of carbonyl (C=O) groups is 1. The zero-order valence-electron chi connectivity index (χ0n) is 20.4. The first-order valence-electron chi connectivity index (χ1n) is 11.5. The van der Waals surface area contributed by atoms with Crippen molar-refractivity contribution in [3.8, 4) is 11.5 Å². The van der Waals surface area contributed by atoms with Gasteiger partial charge in [-0.2, -0.15) is 0 Å². The van der Waals surface area contributed by atoms with Gasteiger partial charge in [-0.25, -0.2) is 8.42 Å². The first-order chi connectivity index (χ1) is 16.6. The lowest BCUT2D eigenvalue weighted by Gasteiger charge is -2.35. The van der Waals surface area contributed by atoms with Crippen LogP contribution in [0.3, 0.4) is 0 Å². The van der Waals surface area contributed by atoms with Crippen LogP contribution in [0, 0.1) is 27.7 Å². The van der Waals surface area contributed by atoms with Gasteiger partial charge in [0, 0.05) is 0 Å². The Hall–Kier alpha value is -3.52. The highest BCUT2D eigenvalue weighted by Crippen LogP contribution is 2.37. The van der Waals surface area contributed by atoms with E-state index in [2.05, 4.69) is 5.32 Å². The zero-order chi connectivity index (χ0) is 25.2. The number of nitrogens with one attached hydrogen (secondary N) is 1. The zero-order valence-corrected chi connectivity index (χ0v) is 21.2. The van der Waals surface area contributed by atoms with Gasteiger partial charge >= 0.3 is 0 Å². The van der Waals surface area contributed by atoms with Crippen LogP contribution in [-0.4, -0.2) is 40.1 Å². The molecule has 1 aliphatic heterocycles. The number of sulfonamides is 1. The van der Waals surface area contributed by atoms with Crippen LogP contribution in [-0.2, 0) is 14.8 Å². The van der Waals surface area contributed by atoms with Crippen molar-refractivity contribution < 1.29 is 22.7 Å². The van der Waals surface area contributed by atoms with Crippen molar-refractivity contribution in [1.82, 2.24) is 5.32 Å². The standard InChI is InChI=1S/C27H30N2O5S/c1-18-6-10-22(11-7-18)35(31,32)29-17-26(34-24-12-8-19(2)15-23(24)29)27(30)28-13-14-33-25-16-20(3)5-9-21(25)4/h5-12,15-16,26H,13-14,17H2,1-4H3,(H,28,30)/t26-/m0/s1. The van der Waals surface area contributed by atoms with Crippen LogP contribution in [0.4, 0.5) is 5.69 Å². The van der Waals surface area contributed by atoms with Crippen molar-refractivity contribution >= 4 is 21.6 Å². The molecule has 4 rings (SSSR count). The molecule has 1 heterocycles. The van der Waals surface area contributed by atoms with E-state index in [1.165, 1.54) is 4.31 Å². The van der Waals surface area contributed by atoms with E-state index in [9.17, 15) is 13.2 Å². The summed E-state index contributed by atoms with van der Waals surface area (Å²) in [6.07, 6.45) is -0.994. The molecule has 0 fully saturated rings. The summed E-state index contributed by atoms with van der Waals surface area (Å²) >= 11 is 0. The molecular weight excluding hydrogens is 464 g/mol. The van der Waals surface area contributed by atoms with Gasteiger partial charge in [0.15, 0.2) is 6.10 Å². The Labute approximate surface area is 206 Å². The predicted octanol–water partition coefficient (Wildman–Crippen LogP) is 4.07. The summed E-state index contributed by atoms with van der Waals surface area (Å²) in [4.78, 5) is 13.1. The maximum absolute atomic E-state index is 13.5. The Balaban J connectivity index is 1.49. The topological polar surface area (TPSA) is 84.9 Å². The highest BCUT2D eigenvalue weighted by molar-refractivity contribution is 7.92. The number of ether oxygens (including phenoxy) is 2. The Bertz CT molecular complexity index is 1340. The van der Waals surface area contributed by atoms with Gasteiger partial charge in [0.05, 0.1) is 23.7 Å². The molecule has 7 nitrogen and oxygen atoms in total. The van der Waals surface area contributed by atoms with Crippen molar-refractivity contribution in [2.75, 3.05) is 24.0 Å². The third kappa shape index (κ3) is 5.43. The van der Waals surface area contributed by atoms with E-state index in [1.54, 1.807) is 36.4 Å². The van der Waals surface area contributed by atoms with Gasteiger partial charge < -0.3 is 14.8 Å². The number of amides is 1. The molecular formula is C27H30N2O5S. The van der Waals surface area contributed by atoms with Crippen molar-refractivity contribution in [2.24, 2.45) is 0 Å². The van der Waals surface area contributed by atoms with Crippen LogP contribution >= 0.6 is 0 Å². The van der Waals surface area contributed by atoms with Crippen LogP contribution in [0.5, 0.6) is 11.5 Å². The van der Waals surface area contributed by atoms with Crippen molar-refractivity contribution in [2.45, 2.75) is 38.7 Å². The maximum atomic E-state index is 13.5. The highest BCUT2D eigenvalue weighted by Gasteiger charge is 2.37. The van der Waals surface area contributed by atoms with E-state index in [0.717, 1.165) is 28.0 Å². The van der Waals surface area contributed by atoms with Crippen LogP contribution < -0.4 is 19.1 Å². The SMILES string of the molecule is Cc1ccc(S(=O)(=O)N2C[C@@H](C(=O)NCCOc3cc(C)ccc3C)Oc3ccc(C)cc32)cc1. The summed E-state index contributed by atoms with van der Waals surface area (Å²) in [5, 5.41) is 2.81. The van der Waals surface area contributed by atoms with E-state index in [0.29, 0.717) is 11.4 Å². The van der Waals surface area contributed by atoms with Gasteiger partial charge in [0.2, 0.25) is 0 Å². The maximum Gasteiger partial charge on any atom is 0.264 e. The van der Waals surface area contributed by atoms with Gasteiger partial charge in [-0.1, -0.05) is 35.9 Å². The molecule has 0 bridgehead atoms. The van der Waals surface area contributed by atoms with Crippen molar-refractivity contribution in [1.29, 1.82) is 0 Å². The second kappa shape index (κ2) is 10.00. The van der Waals surface area contributed by atoms with Gasteiger partial charge in [0.25, 0.3) is 15.9 Å². The number of rotatable bonds is 7. The van der Waals surface area contributed by atoms with E-state index in [1.807, 2.05) is 52.0 Å². The average Bonchev–Trinajstić information content (AvgIpc) is 2.83. The summed E-state index contributed by atoms with van der Waals surface area (Å²) in [6, 6.07) is 17.9. The summed E-state index contributed by atoms with van der Waals surface area (Å²) in [7, 11) is -3.90. The Kier molecular flexibility index (Phi) is 7.03. The molecule has 0 saturated carbocycles. The molecule has 0 radical (unpaired) electrons. The molecule has 3 aromatic carbocycles. The highest BCUT2D eigenvalue weighted by atomic mass is 32.2. The first-order valence-corrected chi connectivity index (χ1v) is 12.9. The van der Waals surface area contributed by atoms with Gasteiger partial charge in [0.1, 0.15) is 18.1 Å². The largest absolute Gasteiger partial charge is 0.491 e. The molecule has 3 aromatic rings. The summed E-state index contributed by atoms with van der Waals surface area (Å²) in [5.74, 6) is 0.724. The Morgan fingerprint density at radius 2 is 1.63 bits per heavy atom. The van der Waals surface area contributed by atoms with Crippen LogP contribution in [0.15, 0.2) is 65.6 Å². The Morgan fingerprint density at radius 3 is 2.37 bits per heavy atom. The normalized spacial score (nSPS) is 15.2. The molecule has 1 amide bonds. The van der Waals surface area contributed by atoms with Crippen LogP contribution in [0.1, 0.15) is 22.3 Å². The smallest absolute Gasteiger partial charge is 0.264 e. The second-order valence-corrected chi connectivity index (χ2v) is 10.7. The molecule has 1 N–H and O–H groups in total. The third-order valence-electron chi connectivity index (χ3n) is 5.89. The van der Waals surface area contributed by atoms with E-state index >= 15 is 0 Å². The summed E-state index contributed by atoms with van der Waals surface area (Å²) < 4.78 is 40.1. The van der Waals surface area contributed by atoms with Gasteiger partial charge in [-0.15, -0.1) is 0 Å². The molecule has 35 heavy (non-hydrogen) atoms. The minimum atomic E-state index is -3.90. The fraction of sp³-hybridized carbons (Fsp3) is 0.296. The first kappa shape index (κ1) is 24.6. The van der Waals surface area contributed by atoms with E-state index in [4.69, 9.17) is 9.47 Å². The fourth-order valence-corrected chi connectivity index (χ4v) is 5.34. The number of benzene rings is 3. The minimum Gasteiger partial charge on any atom is -0.491 e. The molecule has 0 unspecified atom stereocenters. The number of nitrogens with zero attached hydrogens (tertiary/aromatic N) is 1. The lowest BCUT2D eigenvalue weighted by molar-refractivity contribution is -0.127. The number of anilines is 1. The molecule has 0 saturated heterocycles. The van der Waals surface area contributed by atoms with E-state index < -0.39 is 22.0 Å². The quantitative estimate of drug-likeness (QED) is 0.501. The molecule has 0 aromatic heterocycles. The number of aryl methyl sites for hydroxylation is 4. The predicted molar refractivity (Wildman–Crippen MR) is 136 cm³/mol. The average molecular weight is 495 g/mol. The van der Waals surface area contributed by atoms with Crippen LogP contribution in [0.2, 0.25) is 0 Å². The summed E-state index contributed by atoms with van der Waals surface area (Å²) in [6.45, 7) is 8.15. The summed E-state index contributed by atoms with van der Waals surface area (Å²) in [5.41, 5.74) is 4.38. The Morgan fingerprint density at radius 1 is 0.971 bits per heavy atom. The van der Waals surface area contributed by atoms with E-state index in [-0.39, 0.29) is 24.6 Å². The lowest BCUT2D eigenvalue weighted by atomic mass is 10.1. The molecule has 0 aliphatic carbocycles. The molecule has 0 spiro atoms. The number of carbonyl (C=O) groups excluding carboxylic acids is 1. The third-order valence-corrected chi connectivity index (χ3v) is 7.68. The van der Waals surface area contributed by atoms with Gasteiger partial charge in [-0.3, -0.25) is 9.10 Å². The van der Waals surface area contributed by atoms with Crippen molar-refractivity contribution in [3.05, 3.63) is 82.9 Å². The lowest BCUT2D eigenvalue weighted by Crippen LogP contribution is -2.51. The second-order valence-electron chi connectivity index (χ2n) is 8.84. The minimum absolute atomic E-state index is 0.129. The molecule has 1 atom stereocenters. The van der Waals surface area contributed by atoms with Gasteiger partial charge in [-0.05, 0) is 74.7 Å².